The van der Waals surface area contributed by atoms with Crippen LogP contribution in [0.4, 0.5) is 0 Å². The van der Waals surface area contributed by atoms with Crippen molar-refractivity contribution in [3.63, 3.8) is 0 Å². The summed E-state index contributed by atoms with van der Waals surface area (Å²) in [6.45, 7) is 2.61. The number of benzene rings is 2. The quantitative estimate of drug-likeness (QED) is 0.507. The SMILES string of the molecule is CCOc1ccc(-c2nc3ccc(C(=N)N)cc3[nH]2)cc1. The lowest BCUT2D eigenvalue weighted by Gasteiger charge is -2.02. The Morgan fingerprint density at radius 1 is 1.24 bits per heavy atom. The maximum atomic E-state index is 7.47. The van der Waals surface area contributed by atoms with Crippen LogP contribution in [-0.4, -0.2) is 22.4 Å². The van der Waals surface area contributed by atoms with Crippen molar-refractivity contribution < 1.29 is 4.74 Å². The van der Waals surface area contributed by atoms with Crippen molar-refractivity contribution in [3.8, 4) is 17.1 Å². The normalized spacial score (nSPS) is 10.7. The Morgan fingerprint density at radius 3 is 2.67 bits per heavy atom. The van der Waals surface area contributed by atoms with Gasteiger partial charge < -0.3 is 15.5 Å². The predicted molar refractivity (Wildman–Crippen MR) is 83.7 cm³/mol. The van der Waals surface area contributed by atoms with Crippen molar-refractivity contribution >= 4 is 16.9 Å². The van der Waals surface area contributed by atoms with Crippen LogP contribution in [-0.2, 0) is 0 Å². The molecule has 21 heavy (non-hydrogen) atoms. The van der Waals surface area contributed by atoms with Gasteiger partial charge in [0.15, 0.2) is 0 Å². The van der Waals surface area contributed by atoms with Gasteiger partial charge in [-0.2, -0.15) is 0 Å². The van der Waals surface area contributed by atoms with E-state index in [0.717, 1.165) is 28.2 Å². The molecule has 3 rings (SSSR count). The monoisotopic (exact) mass is 280 g/mol. The second-order valence-corrected chi connectivity index (χ2v) is 4.69. The van der Waals surface area contributed by atoms with E-state index in [4.69, 9.17) is 15.9 Å². The van der Waals surface area contributed by atoms with E-state index in [1.54, 1.807) is 6.07 Å². The fraction of sp³-hybridized carbons (Fsp3) is 0.125. The number of hydrogen-bond acceptors (Lipinski definition) is 3. The lowest BCUT2D eigenvalue weighted by atomic mass is 10.2. The fourth-order valence-corrected chi connectivity index (χ4v) is 2.19. The Morgan fingerprint density at radius 2 is 2.00 bits per heavy atom. The van der Waals surface area contributed by atoms with Crippen LogP contribution in [0.25, 0.3) is 22.4 Å². The molecule has 0 aliphatic heterocycles. The summed E-state index contributed by atoms with van der Waals surface area (Å²) in [5.74, 6) is 1.68. The summed E-state index contributed by atoms with van der Waals surface area (Å²) in [5.41, 5.74) is 8.89. The van der Waals surface area contributed by atoms with Crippen LogP contribution in [0.3, 0.4) is 0 Å². The van der Waals surface area contributed by atoms with Crippen LogP contribution in [0.5, 0.6) is 5.75 Å². The number of aromatic amines is 1. The number of nitrogens with two attached hydrogens (primary N) is 1. The van der Waals surface area contributed by atoms with Gasteiger partial charge in [0.2, 0.25) is 0 Å². The molecule has 0 unspecified atom stereocenters. The second kappa shape index (κ2) is 5.28. The molecule has 5 nitrogen and oxygen atoms in total. The number of hydrogen-bond donors (Lipinski definition) is 3. The third-order valence-corrected chi connectivity index (χ3v) is 3.23. The number of nitrogen functional groups attached to an aromatic ring is 1. The summed E-state index contributed by atoms with van der Waals surface area (Å²) < 4.78 is 5.43. The van der Waals surface area contributed by atoms with Gasteiger partial charge in [-0.15, -0.1) is 0 Å². The minimum absolute atomic E-state index is 0.0501. The van der Waals surface area contributed by atoms with Gasteiger partial charge >= 0.3 is 0 Å². The van der Waals surface area contributed by atoms with Crippen molar-refractivity contribution in [2.75, 3.05) is 6.61 Å². The van der Waals surface area contributed by atoms with Crippen molar-refractivity contribution in [2.45, 2.75) is 6.92 Å². The zero-order valence-corrected chi connectivity index (χ0v) is 11.7. The standard InChI is InChI=1S/C16H16N4O/c1-2-21-12-6-3-10(4-7-12)16-19-13-8-5-11(15(17)18)9-14(13)20-16/h3-9H,2H2,1H3,(H3,17,18)(H,19,20). The smallest absolute Gasteiger partial charge is 0.138 e. The average Bonchev–Trinajstić information content (AvgIpc) is 2.91. The molecule has 0 saturated carbocycles. The average molecular weight is 280 g/mol. The molecule has 0 atom stereocenters. The molecule has 2 aromatic carbocycles. The van der Waals surface area contributed by atoms with E-state index >= 15 is 0 Å². The van der Waals surface area contributed by atoms with E-state index in [1.807, 2.05) is 43.3 Å². The van der Waals surface area contributed by atoms with Gasteiger partial charge in [-0.25, -0.2) is 4.98 Å². The number of aromatic nitrogens is 2. The number of fused-ring (bicyclic) bond motifs is 1. The zero-order chi connectivity index (χ0) is 14.8. The maximum Gasteiger partial charge on any atom is 0.138 e. The van der Waals surface area contributed by atoms with Crippen LogP contribution in [0.1, 0.15) is 12.5 Å². The van der Waals surface area contributed by atoms with Gasteiger partial charge in [-0.1, -0.05) is 0 Å². The van der Waals surface area contributed by atoms with Crippen LogP contribution >= 0.6 is 0 Å². The number of rotatable bonds is 4. The van der Waals surface area contributed by atoms with Crippen LogP contribution in [0.2, 0.25) is 0 Å². The highest BCUT2D eigenvalue weighted by Gasteiger charge is 2.07. The Kier molecular flexibility index (Phi) is 3.31. The van der Waals surface area contributed by atoms with Crippen LogP contribution in [0.15, 0.2) is 42.5 Å². The van der Waals surface area contributed by atoms with Gasteiger partial charge in [0.25, 0.3) is 0 Å². The number of imidazole rings is 1. The van der Waals surface area contributed by atoms with Crippen LogP contribution in [0, 0.1) is 5.41 Å². The lowest BCUT2D eigenvalue weighted by molar-refractivity contribution is 0.340. The van der Waals surface area contributed by atoms with E-state index in [-0.39, 0.29) is 5.84 Å². The molecule has 0 saturated heterocycles. The third kappa shape index (κ3) is 2.58. The molecular formula is C16H16N4O. The van der Waals surface area contributed by atoms with Gasteiger partial charge in [-0.05, 0) is 49.4 Å². The molecule has 4 N–H and O–H groups in total. The van der Waals surface area contributed by atoms with E-state index in [1.165, 1.54) is 0 Å². The summed E-state index contributed by atoms with van der Waals surface area (Å²) in [6.07, 6.45) is 0. The number of nitrogens with zero attached hydrogens (tertiary/aromatic N) is 1. The molecule has 0 spiro atoms. The Hall–Kier alpha value is -2.82. The first kappa shape index (κ1) is 13.2. The molecule has 1 aromatic heterocycles. The summed E-state index contributed by atoms with van der Waals surface area (Å²) in [4.78, 5) is 7.81. The van der Waals surface area contributed by atoms with Gasteiger partial charge in [-0.3, -0.25) is 5.41 Å². The Labute approximate surface area is 122 Å². The molecule has 1 heterocycles. The molecular weight excluding hydrogens is 264 g/mol. The first-order chi connectivity index (χ1) is 10.2. The first-order valence-electron chi connectivity index (χ1n) is 6.75. The Bertz CT molecular complexity index is 790. The van der Waals surface area contributed by atoms with Crippen molar-refractivity contribution in [1.29, 1.82) is 5.41 Å². The van der Waals surface area contributed by atoms with E-state index in [0.29, 0.717) is 12.2 Å². The highest BCUT2D eigenvalue weighted by atomic mass is 16.5. The minimum Gasteiger partial charge on any atom is -0.494 e. The fourth-order valence-electron chi connectivity index (χ4n) is 2.19. The molecule has 0 radical (unpaired) electrons. The first-order valence-corrected chi connectivity index (χ1v) is 6.75. The highest BCUT2D eigenvalue weighted by Crippen LogP contribution is 2.23. The topological polar surface area (TPSA) is 87.8 Å². The number of H-pyrrole nitrogens is 1. The second-order valence-electron chi connectivity index (χ2n) is 4.69. The molecule has 106 valence electrons. The van der Waals surface area contributed by atoms with Gasteiger partial charge in [0, 0.05) is 11.1 Å². The van der Waals surface area contributed by atoms with Gasteiger partial charge in [0.1, 0.15) is 17.4 Å². The lowest BCUT2D eigenvalue weighted by Crippen LogP contribution is -2.10. The van der Waals surface area contributed by atoms with E-state index < -0.39 is 0 Å². The molecule has 3 aromatic rings. The largest absolute Gasteiger partial charge is 0.494 e. The molecule has 0 fully saturated rings. The summed E-state index contributed by atoms with van der Waals surface area (Å²) in [5, 5.41) is 7.47. The predicted octanol–water partition coefficient (Wildman–Crippen LogP) is 2.91. The van der Waals surface area contributed by atoms with E-state index in [2.05, 4.69) is 9.97 Å². The molecule has 0 aliphatic rings. The summed E-state index contributed by atoms with van der Waals surface area (Å²) in [7, 11) is 0. The maximum absolute atomic E-state index is 7.47. The highest BCUT2D eigenvalue weighted by molar-refractivity contribution is 5.98. The zero-order valence-electron chi connectivity index (χ0n) is 11.7. The molecule has 0 amide bonds. The van der Waals surface area contributed by atoms with Crippen molar-refractivity contribution in [1.82, 2.24) is 9.97 Å². The minimum atomic E-state index is 0.0501. The summed E-state index contributed by atoms with van der Waals surface area (Å²) >= 11 is 0. The molecule has 0 bridgehead atoms. The number of ether oxygens (including phenoxy) is 1. The number of nitrogens with one attached hydrogen (secondary N) is 2. The van der Waals surface area contributed by atoms with Crippen LogP contribution < -0.4 is 10.5 Å². The summed E-state index contributed by atoms with van der Waals surface area (Å²) in [6, 6.07) is 13.3. The van der Waals surface area contributed by atoms with Gasteiger partial charge in [0.05, 0.1) is 17.6 Å². The Balaban J connectivity index is 1.98. The molecule has 5 heteroatoms. The van der Waals surface area contributed by atoms with Crippen molar-refractivity contribution in [3.05, 3.63) is 48.0 Å². The third-order valence-electron chi connectivity index (χ3n) is 3.23. The molecule has 0 aliphatic carbocycles. The van der Waals surface area contributed by atoms with Crippen molar-refractivity contribution in [2.24, 2.45) is 5.73 Å². The number of amidine groups is 1. The van der Waals surface area contributed by atoms with E-state index in [9.17, 15) is 0 Å².